The smallest absolute Gasteiger partial charge is 0.341 e. The highest BCUT2D eigenvalue weighted by atomic mass is 19.4. The fourth-order valence-electron chi connectivity index (χ4n) is 4.82. The summed E-state index contributed by atoms with van der Waals surface area (Å²) in [5, 5.41) is 2.57. The summed E-state index contributed by atoms with van der Waals surface area (Å²) in [5.74, 6) is -3.70. The number of hydrogen-bond acceptors (Lipinski definition) is 3. The van der Waals surface area contributed by atoms with Crippen LogP contribution in [0, 0.1) is 11.6 Å². The van der Waals surface area contributed by atoms with E-state index in [0.29, 0.717) is 31.8 Å². The molecule has 0 radical (unpaired) electrons. The maximum absolute atomic E-state index is 14.0. The predicted molar refractivity (Wildman–Crippen MR) is 110 cm³/mol. The third kappa shape index (κ3) is 4.45. The molecule has 1 aromatic carbocycles. The van der Waals surface area contributed by atoms with Gasteiger partial charge in [-0.25, -0.2) is 13.6 Å². The average molecular weight is 470 g/mol. The van der Waals surface area contributed by atoms with Gasteiger partial charge in [0.15, 0.2) is 0 Å². The van der Waals surface area contributed by atoms with Gasteiger partial charge in [0.25, 0.3) is 5.91 Å². The van der Waals surface area contributed by atoms with Crippen LogP contribution in [-0.4, -0.2) is 67.2 Å². The van der Waals surface area contributed by atoms with E-state index in [9.17, 15) is 31.5 Å². The molecule has 1 aromatic rings. The molecule has 1 saturated heterocycles. The van der Waals surface area contributed by atoms with Crippen molar-refractivity contribution in [2.75, 3.05) is 39.8 Å². The molecule has 3 aliphatic heterocycles. The molecular weight excluding hydrogens is 447 g/mol. The van der Waals surface area contributed by atoms with Crippen LogP contribution in [0.25, 0.3) is 0 Å². The molecule has 4 rings (SSSR count). The van der Waals surface area contributed by atoms with E-state index in [-0.39, 0.29) is 43.9 Å². The number of hydrogen-bond donors (Lipinski definition) is 1. The number of rotatable bonds is 2. The number of urea groups is 1. The molecule has 3 aliphatic rings. The van der Waals surface area contributed by atoms with Gasteiger partial charge < -0.3 is 15.1 Å². The third-order valence-electron chi connectivity index (χ3n) is 6.45. The molecule has 0 bridgehead atoms. The first-order valence-corrected chi connectivity index (χ1v) is 10.7. The Kier molecular flexibility index (Phi) is 6.15. The van der Waals surface area contributed by atoms with Gasteiger partial charge in [-0.2, -0.15) is 13.2 Å². The highest BCUT2D eigenvalue weighted by Crippen LogP contribution is 2.41. The SMILES string of the molecule is CNC(=O)N1CCC2=C(CN=C2C(=O)N2CCC(c3cc(F)cc(F)c3C(F)(F)F)CC2)C1. The summed E-state index contributed by atoms with van der Waals surface area (Å²) in [6, 6.07) is 0.784. The summed E-state index contributed by atoms with van der Waals surface area (Å²) in [5.41, 5.74) is 0.234. The van der Waals surface area contributed by atoms with E-state index in [0.717, 1.165) is 17.2 Å². The molecule has 0 unspecified atom stereocenters. The third-order valence-corrected chi connectivity index (χ3v) is 6.45. The Morgan fingerprint density at radius 2 is 1.79 bits per heavy atom. The number of amides is 3. The quantitative estimate of drug-likeness (QED) is 0.673. The minimum atomic E-state index is -4.94. The summed E-state index contributed by atoms with van der Waals surface area (Å²) in [4.78, 5) is 32.5. The monoisotopic (exact) mass is 470 g/mol. The average Bonchev–Trinajstić information content (AvgIpc) is 3.20. The number of halogens is 5. The Morgan fingerprint density at radius 3 is 2.42 bits per heavy atom. The van der Waals surface area contributed by atoms with Crippen molar-refractivity contribution in [2.24, 2.45) is 4.99 Å². The predicted octanol–water partition coefficient (Wildman–Crippen LogP) is 3.49. The van der Waals surface area contributed by atoms with Crippen LogP contribution in [0.4, 0.5) is 26.7 Å². The molecule has 3 amide bonds. The van der Waals surface area contributed by atoms with Crippen LogP contribution in [0.1, 0.15) is 36.3 Å². The topological polar surface area (TPSA) is 65.0 Å². The van der Waals surface area contributed by atoms with Crippen molar-refractivity contribution in [1.82, 2.24) is 15.1 Å². The minimum absolute atomic E-state index is 0.154. The number of nitrogens with zero attached hydrogens (tertiary/aromatic N) is 3. The number of carbonyl (C=O) groups is 2. The molecule has 33 heavy (non-hydrogen) atoms. The first-order valence-electron chi connectivity index (χ1n) is 10.7. The Hall–Kier alpha value is -2.98. The lowest BCUT2D eigenvalue weighted by Gasteiger charge is -2.34. The molecule has 11 heteroatoms. The number of aliphatic imine (C=N–C) groups is 1. The highest BCUT2D eigenvalue weighted by Gasteiger charge is 2.40. The molecule has 0 spiro atoms. The largest absolute Gasteiger partial charge is 0.419 e. The maximum Gasteiger partial charge on any atom is 0.419 e. The van der Waals surface area contributed by atoms with E-state index in [1.165, 1.54) is 4.90 Å². The first kappa shape index (κ1) is 23.2. The summed E-state index contributed by atoms with van der Waals surface area (Å²) >= 11 is 0. The second kappa shape index (κ2) is 8.75. The number of alkyl halides is 3. The molecule has 1 fully saturated rings. The van der Waals surface area contributed by atoms with E-state index >= 15 is 0 Å². The van der Waals surface area contributed by atoms with E-state index < -0.39 is 34.9 Å². The van der Waals surface area contributed by atoms with Gasteiger partial charge in [0, 0.05) is 39.3 Å². The molecule has 0 aromatic heterocycles. The van der Waals surface area contributed by atoms with Crippen LogP contribution in [-0.2, 0) is 11.0 Å². The van der Waals surface area contributed by atoms with Gasteiger partial charge in [0.05, 0.1) is 12.1 Å². The zero-order valence-electron chi connectivity index (χ0n) is 17.9. The fourth-order valence-corrected chi connectivity index (χ4v) is 4.82. The van der Waals surface area contributed by atoms with Gasteiger partial charge in [0.1, 0.15) is 17.3 Å². The molecule has 0 aliphatic carbocycles. The van der Waals surface area contributed by atoms with Crippen molar-refractivity contribution in [2.45, 2.75) is 31.4 Å². The van der Waals surface area contributed by atoms with Crippen molar-refractivity contribution in [3.05, 3.63) is 46.0 Å². The Morgan fingerprint density at radius 1 is 1.09 bits per heavy atom. The summed E-state index contributed by atoms with van der Waals surface area (Å²) < 4.78 is 67.8. The van der Waals surface area contributed by atoms with E-state index in [2.05, 4.69) is 10.3 Å². The lowest BCUT2D eigenvalue weighted by atomic mass is 9.85. The van der Waals surface area contributed by atoms with E-state index in [1.807, 2.05) is 0 Å². The van der Waals surface area contributed by atoms with Gasteiger partial charge in [-0.3, -0.25) is 9.79 Å². The lowest BCUT2D eigenvalue weighted by molar-refractivity contribution is -0.141. The Balaban J connectivity index is 1.45. The van der Waals surface area contributed by atoms with Crippen molar-refractivity contribution in [3.63, 3.8) is 0 Å². The van der Waals surface area contributed by atoms with Crippen LogP contribution < -0.4 is 5.32 Å². The second-order valence-corrected chi connectivity index (χ2v) is 8.39. The Labute approximate surface area is 187 Å². The molecule has 3 heterocycles. The molecule has 6 nitrogen and oxygen atoms in total. The van der Waals surface area contributed by atoms with Gasteiger partial charge >= 0.3 is 12.2 Å². The van der Waals surface area contributed by atoms with Crippen molar-refractivity contribution < 1.29 is 31.5 Å². The van der Waals surface area contributed by atoms with Gasteiger partial charge in [0.2, 0.25) is 0 Å². The Bertz CT molecular complexity index is 1040. The lowest BCUT2D eigenvalue weighted by Crippen LogP contribution is -2.45. The number of piperidine rings is 1. The maximum atomic E-state index is 14.0. The van der Waals surface area contributed by atoms with Crippen LogP contribution in [0.3, 0.4) is 0 Å². The number of nitrogens with one attached hydrogen (secondary N) is 1. The van der Waals surface area contributed by atoms with E-state index in [4.69, 9.17) is 0 Å². The van der Waals surface area contributed by atoms with Crippen LogP contribution in [0.5, 0.6) is 0 Å². The van der Waals surface area contributed by atoms with Gasteiger partial charge in [-0.05, 0) is 48.0 Å². The van der Waals surface area contributed by atoms with Crippen molar-refractivity contribution in [3.8, 4) is 0 Å². The molecular formula is C22H23F5N4O2. The van der Waals surface area contributed by atoms with Gasteiger partial charge in [-0.15, -0.1) is 0 Å². The van der Waals surface area contributed by atoms with Crippen molar-refractivity contribution in [1.29, 1.82) is 0 Å². The van der Waals surface area contributed by atoms with Crippen LogP contribution in [0.15, 0.2) is 28.3 Å². The second-order valence-electron chi connectivity index (χ2n) is 8.39. The van der Waals surface area contributed by atoms with Gasteiger partial charge in [-0.1, -0.05) is 0 Å². The van der Waals surface area contributed by atoms with Crippen LogP contribution >= 0.6 is 0 Å². The minimum Gasteiger partial charge on any atom is -0.341 e. The molecule has 0 atom stereocenters. The highest BCUT2D eigenvalue weighted by molar-refractivity contribution is 6.46. The fraction of sp³-hybridized carbons (Fsp3) is 0.500. The first-order chi connectivity index (χ1) is 15.6. The molecule has 0 saturated carbocycles. The zero-order chi connectivity index (χ0) is 23.9. The zero-order valence-corrected chi connectivity index (χ0v) is 17.9. The number of carbonyl (C=O) groups excluding carboxylic acids is 2. The summed E-state index contributed by atoms with van der Waals surface area (Å²) in [6.07, 6.45) is -4.13. The summed E-state index contributed by atoms with van der Waals surface area (Å²) in [7, 11) is 1.55. The standard InChI is InChI=1S/C22H23F5N4O2/c1-28-21(33)31-7-4-15-13(11-31)10-29-19(15)20(32)30-5-2-12(3-6-30)16-8-14(23)9-17(24)18(16)22(25,26)27/h8-9,12H,2-7,10-11H2,1H3,(H,28,33). The van der Waals surface area contributed by atoms with E-state index in [1.54, 1.807) is 11.9 Å². The number of benzene rings is 1. The molecule has 178 valence electrons. The van der Waals surface area contributed by atoms with Crippen LogP contribution in [0.2, 0.25) is 0 Å². The van der Waals surface area contributed by atoms with Crippen molar-refractivity contribution >= 4 is 17.6 Å². The number of likely N-dealkylation sites (tertiary alicyclic amines) is 1. The normalized spacial score (nSPS) is 19.5. The molecule has 1 N–H and O–H groups in total. The summed E-state index contributed by atoms with van der Waals surface area (Å²) in [6.45, 7) is 1.49.